The first kappa shape index (κ1) is 18.0. The zero-order valence-corrected chi connectivity index (χ0v) is 14.6. The first-order chi connectivity index (χ1) is 12.0. The van der Waals surface area contributed by atoms with E-state index in [0.29, 0.717) is 32.7 Å². The van der Waals surface area contributed by atoms with Crippen LogP contribution in [0, 0.1) is 0 Å². The predicted octanol–water partition coefficient (Wildman–Crippen LogP) is 2.47. The molecule has 1 saturated carbocycles. The number of nitrogens with zero attached hydrogens (tertiary/aromatic N) is 2. The van der Waals surface area contributed by atoms with Crippen LogP contribution in [0.5, 0.6) is 5.75 Å². The Balaban J connectivity index is 1.75. The lowest BCUT2D eigenvalue weighted by molar-refractivity contribution is -0.0338. The number of aliphatic hydroxyl groups is 1. The van der Waals surface area contributed by atoms with Gasteiger partial charge >= 0.3 is 6.09 Å². The van der Waals surface area contributed by atoms with Crippen LogP contribution in [0.3, 0.4) is 0 Å². The van der Waals surface area contributed by atoms with Gasteiger partial charge in [-0.1, -0.05) is 31.4 Å². The van der Waals surface area contributed by atoms with Crippen molar-refractivity contribution in [3.63, 3.8) is 0 Å². The zero-order chi connectivity index (χ0) is 17.9. The molecule has 2 aliphatic rings. The molecule has 0 bridgehead atoms. The topological polar surface area (TPSA) is 84.2 Å². The molecule has 0 aromatic heterocycles. The molecule has 1 aliphatic carbocycles. The van der Waals surface area contributed by atoms with Crippen molar-refractivity contribution < 1.29 is 20.1 Å². The Morgan fingerprint density at radius 3 is 2.20 bits per heavy atom. The van der Waals surface area contributed by atoms with Crippen LogP contribution < -0.4 is 0 Å². The Morgan fingerprint density at radius 2 is 1.64 bits per heavy atom. The zero-order valence-electron chi connectivity index (χ0n) is 14.6. The maximum Gasteiger partial charge on any atom is 0.407 e. The molecule has 1 amide bonds. The van der Waals surface area contributed by atoms with Crippen molar-refractivity contribution in [2.75, 3.05) is 32.7 Å². The number of benzene rings is 1. The summed E-state index contributed by atoms with van der Waals surface area (Å²) in [5, 5.41) is 30.0. The number of phenols is 1. The van der Waals surface area contributed by atoms with Gasteiger partial charge in [-0.2, -0.15) is 0 Å². The van der Waals surface area contributed by atoms with E-state index in [1.54, 1.807) is 12.1 Å². The van der Waals surface area contributed by atoms with E-state index < -0.39 is 11.7 Å². The summed E-state index contributed by atoms with van der Waals surface area (Å²) in [6.45, 7) is 3.12. The van der Waals surface area contributed by atoms with E-state index in [-0.39, 0.29) is 11.7 Å². The standard InChI is InChI=1S/C19H28N2O4/c22-16-6-4-15(5-7-16)17(19(25)8-2-1-3-9-19)14-20-10-12-21(13-11-20)18(23)24/h4-7,17,22,25H,1-3,8-14H2,(H,23,24). The van der Waals surface area contributed by atoms with Gasteiger partial charge in [-0.15, -0.1) is 0 Å². The van der Waals surface area contributed by atoms with E-state index in [1.807, 2.05) is 12.1 Å². The Labute approximate surface area is 148 Å². The fourth-order valence-corrected chi connectivity index (χ4v) is 4.18. The number of rotatable bonds is 4. The second-order valence-corrected chi connectivity index (χ2v) is 7.38. The number of phenolic OH excluding ortho intramolecular Hbond substituents is 1. The lowest BCUT2D eigenvalue weighted by Crippen LogP contribution is -2.51. The Morgan fingerprint density at radius 1 is 1.04 bits per heavy atom. The van der Waals surface area contributed by atoms with Gasteiger partial charge in [0.15, 0.2) is 0 Å². The van der Waals surface area contributed by atoms with E-state index in [4.69, 9.17) is 5.11 Å². The van der Waals surface area contributed by atoms with Gasteiger partial charge in [0.05, 0.1) is 5.60 Å². The number of hydrogen-bond acceptors (Lipinski definition) is 4. The van der Waals surface area contributed by atoms with Gasteiger partial charge in [0.1, 0.15) is 5.75 Å². The molecule has 6 heteroatoms. The molecular formula is C19H28N2O4. The number of amides is 1. The van der Waals surface area contributed by atoms with Gasteiger partial charge in [0, 0.05) is 38.6 Å². The third-order valence-electron chi connectivity index (χ3n) is 5.75. The van der Waals surface area contributed by atoms with Gasteiger partial charge in [0.2, 0.25) is 0 Å². The van der Waals surface area contributed by atoms with Crippen molar-refractivity contribution >= 4 is 6.09 Å². The minimum Gasteiger partial charge on any atom is -0.508 e. The highest BCUT2D eigenvalue weighted by molar-refractivity contribution is 5.65. The third kappa shape index (κ3) is 4.25. The second-order valence-electron chi connectivity index (χ2n) is 7.38. The molecule has 1 aromatic rings. The largest absolute Gasteiger partial charge is 0.508 e. The number of piperazine rings is 1. The summed E-state index contributed by atoms with van der Waals surface area (Å²) < 4.78 is 0. The monoisotopic (exact) mass is 348 g/mol. The first-order valence-electron chi connectivity index (χ1n) is 9.19. The third-order valence-corrected chi connectivity index (χ3v) is 5.75. The first-order valence-corrected chi connectivity index (χ1v) is 9.19. The SMILES string of the molecule is O=C(O)N1CCN(CC(c2ccc(O)cc2)C2(O)CCCCC2)CC1. The quantitative estimate of drug-likeness (QED) is 0.778. The highest BCUT2D eigenvalue weighted by Gasteiger charge is 2.40. The maximum absolute atomic E-state index is 11.3. The Kier molecular flexibility index (Phi) is 5.49. The average molecular weight is 348 g/mol. The van der Waals surface area contributed by atoms with Crippen molar-refractivity contribution in [3.8, 4) is 5.75 Å². The van der Waals surface area contributed by atoms with Crippen molar-refractivity contribution in [2.45, 2.75) is 43.6 Å². The van der Waals surface area contributed by atoms with Gasteiger partial charge < -0.3 is 20.2 Å². The Bertz CT molecular complexity index is 576. The van der Waals surface area contributed by atoms with Crippen LogP contribution in [0.15, 0.2) is 24.3 Å². The number of aromatic hydroxyl groups is 1. The van der Waals surface area contributed by atoms with E-state index in [1.165, 1.54) is 11.3 Å². The van der Waals surface area contributed by atoms with E-state index >= 15 is 0 Å². The highest BCUT2D eigenvalue weighted by Crippen LogP contribution is 2.40. The lowest BCUT2D eigenvalue weighted by Gasteiger charge is -2.43. The van der Waals surface area contributed by atoms with Gasteiger partial charge in [0.25, 0.3) is 0 Å². The van der Waals surface area contributed by atoms with Gasteiger partial charge in [-0.3, -0.25) is 4.90 Å². The molecule has 3 rings (SSSR count). The van der Waals surface area contributed by atoms with Crippen molar-refractivity contribution in [1.82, 2.24) is 9.80 Å². The van der Waals surface area contributed by atoms with Crippen LogP contribution in [-0.4, -0.2) is 69.5 Å². The molecular weight excluding hydrogens is 320 g/mol. The van der Waals surface area contributed by atoms with E-state index in [9.17, 15) is 15.0 Å². The van der Waals surface area contributed by atoms with Crippen molar-refractivity contribution in [2.24, 2.45) is 0 Å². The normalized spacial score (nSPS) is 22.5. The van der Waals surface area contributed by atoms with Crippen LogP contribution in [0.25, 0.3) is 0 Å². The molecule has 1 unspecified atom stereocenters. The molecule has 138 valence electrons. The minimum atomic E-state index is -0.861. The number of carbonyl (C=O) groups is 1. The molecule has 1 aromatic carbocycles. The average Bonchev–Trinajstić information content (AvgIpc) is 2.61. The van der Waals surface area contributed by atoms with Crippen molar-refractivity contribution in [3.05, 3.63) is 29.8 Å². The minimum absolute atomic E-state index is 0.0234. The summed E-state index contributed by atoms with van der Waals surface area (Å²) in [7, 11) is 0. The smallest absolute Gasteiger partial charge is 0.407 e. The molecule has 2 fully saturated rings. The van der Waals surface area contributed by atoms with Crippen LogP contribution in [0.2, 0.25) is 0 Å². The van der Waals surface area contributed by atoms with Crippen LogP contribution >= 0.6 is 0 Å². The number of carboxylic acid groups (broad SMARTS) is 1. The lowest BCUT2D eigenvalue weighted by atomic mass is 9.72. The fraction of sp³-hybridized carbons (Fsp3) is 0.632. The molecule has 3 N–H and O–H groups in total. The molecule has 1 aliphatic heterocycles. The van der Waals surface area contributed by atoms with Crippen LogP contribution in [0.1, 0.15) is 43.6 Å². The van der Waals surface area contributed by atoms with E-state index in [0.717, 1.165) is 31.2 Å². The summed E-state index contributed by atoms with van der Waals surface area (Å²) in [5.74, 6) is 0.206. The maximum atomic E-state index is 11.3. The fourth-order valence-electron chi connectivity index (χ4n) is 4.18. The molecule has 1 heterocycles. The predicted molar refractivity (Wildman–Crippen MR) is 94.9 cm³/mol. The summed E-state index contributed by atoms with van der Waals surface area (Å²) in [5.41, 5.74) is 0.321. The highest BCUT2D eigenvalue weighted by atomic mass is 16.4. The molecule has 0 spiro atoms. The van der Waals surface area contributed by atoms with Crippen molar-refractivity contribution in [1.29, 1.82) is 0 Å². The second kappa shape index (κ2) is 7.62. The summed E-state index contributed by atoms with van der Waals surface area (Å²) in [6, 6.07) is 7.16. The van der Waals surface area contributed by atoms with Gasteiger partial charge in [-0.05, 0) is 30.5 Å². The molecule has 25 heavy (non-hydrogen) atoms. The molecule has 0 radical (unpaired) electrons. The number of hydrogen-bond donors (Lipinski definition) is 3. The Hall–Kier alpha value is -1.79. The summed E-state index contributed by atoms with van der Waals surface area (Å²) >= 11 is 0. The van der Waals surface area contributed by atoms with Gasteiger partial charge in [-0.25, -0.2) is 4.79 Å². The molecule has 6 nitrogen and oxygen atoms in total. The van der Waals surface area contributed by atoms with E-state index in [2.05, 4.69) is 4.90 Å². The summed E-state index contributed by atoms with van der Waals surface area (Å²) in [6.07, 6.45) is 3.99. The molecule has 1 atom stereocenters. The van der Waals surface area contributed by atoms with Crippen LogP contribution in [-0.2, 0) is 0 Å². The molecule has 1 saturated heterocycles. The van der Waals surface area contributed by atoms with Crippen LogP contribution in [0.4, 0.5) is 4.79 Å². The summed E-state index contributed by atoms with van der Waals surface area (Å²) in [4.78, 5) is 14.8.